The number of carbonyl (C=O) groups is 1. The lowest BCUT2D eigenvalue weighted by Gasteiger charge is -2.25. The minimum Gasteiger partial charge on any atom is -0.391 e. The molecule has 5 heteroatoms. The third-order valence-corrected chi connectivity index (χ3v) is 3.68. The molecule has 1 atom stereocenters. The summed E-state index contributed by atoms with van der Waals surface area (Å²) in [5.41, 5.74) is -0.227. The topological polar surface area (TPSA) is 62.2 Å². The number of nitrogens with one attached hydrogen (secondary N) is 1. The summed E-state index contributed by atoms with van der Waals surface area (Å²) in [5, 5.41) is 13.5. The van der Waals surface area contributed by atoms with Crippen molar-refractivity contribution in [2.75, 3.05) is 6.54 Å². The molecule has 1 amide bonds. The second kappa shape index (κ2) is 5.60. The fraction of sp³-hybridized carbons (Fsp3) is 0.667. The van der Waals surface area contributed by atoms with E-state index in [1.165, 1.54) is 11.3 Å². The Labute approximate surface area is 106 Å². The minimum absolute atomic E-state index is 0.162. The smallest absolute Gasteiger partial charge is 0.263 e. The zero-order valence-electron chi connectivity index (χ0n) is 10.8. The molecule has 96 valence electrons. The molecule has 0 radical (unpaired) electrons. The van der Waals surface area contributed by atoms with E-state index < -0.39 is 6.10 Å². The summed E-state index contributed by atoms with van der Waals surface area (Å²) < 4.78 is 0. The first-order valence-corrected chi connectivity index (χ1v) is 6.57. The van der Waals surface area contributed by atoms with Crippen molar-refractivity contribution in [1.82, 2.24) is 10.3 Å². The van der Waals surface area contributed by atoms with Gasteiger partial charge in [-0.05, 0) is 11.8 Å². The van der Waals surface area contributed by atoms with Crippen molar-refractivity contribution in [3.8, 4) is 0 Å². The second-order valence-electron chi connectivity index (χ2n) is 5.06. The number of aliphatic hydroxyl groups is 1. The molecule has 0 fully saturated rings. The molecule has 2 N–H and O–H groups in total. The van der Waals surface area contributed by atoms with Gasteiger partial charge in [0.15, 0.2) is 0 Å². The zero-order valence-corrected chi connectivity index (χ0v) is 11.6. The van der Waals surface area contributed by atoms with Gasteiger partial charge in [0.1, 0.15) is 4.88 Å². The van der Waals surface area contributed by atoms with Gasteiger partial charge < -0.3 is 10.4 Å². The van der Waals surface area contributed by atoms with E-state index >= 15 is 0 Å². The Hall–Kier alpha value is -0.940. The quantitative estimate of drug-likeness (QED) is 0.864. The molecule has 0 aliphatic carbocycles. The summed E-state index contributed by atoms with van der Waals surface area (Å²) in [4.78, 5) is 16.5. The van der Waals surface area contributed by atoms with Crippen LogP contribution in [0.4, 0.5) is 0 Å². The summed E-state index contributed by atoms with van der Waals surface area (Å²) >= 11 is 1.40. The third-order valence-electron chi connectivity index (χ3n) is 2.54. The van der Waals surface area contributed by atoms with Gasteiger partial charge in [0, 0.05) is 6.54 Å². The lowest BCUT2D eigenvalue weighted by molar-refractivity contribution is 0.0588. The number of aryl methyl sites for hydroxylation is 1. The van der Waals surface area contributed by atoms with Gasteiger partial charge in [-0.2, -0.15) is 0 Å². The first-order valence-electron chi connectivity index (χ1n) is 5.75. The predicted octanol–water partition coefficient (Wildman–Crippen LogP) is 1.84. The number of hydrogen-bond donors (Lipinski definition) is 2. The Kier molecular flexibility index (Phi) is 4.65. The van der Waals surface area contributed by atoms with Gasteiger partial charge in [-0.3, -0.25) is 4.79 Å². The number of aromatic nitrogens is 1. The van der Waals surface area contributed by atoms with Gasteiger partial charge in [0.05, 0.1) is 17.3 Å². The Bertz CT molecular complexity index is 382. The number of aliphatic hydroxyl groups excluding tert-OH is 1. The van der Waals surface area contributed by atoms with Crippen LogP contribution in [0.2, 0.25) is 0 Å². The monoisotopic (exact) mass is 256 g/mol. The highest BCUT2D eigenvalue weighted by Crippen LogP contribution is 2.18. The van der Waals surface area contributed by atoms with Crippen LogP contribution >= 0.6 is 11.3 Å². The van der Waals surface area contributed by atoms with E-state index in [9.17, 15) is 9.90 Å². The maximum atomic E-state index is 11.8. The number of rotatable bonds is 4. The van der Waals surface area contributed by atoms with Crippen LogP contribution < -0.4 is 5.32 Å². The molecule has 0 spiro atoms. The molecule has 0 aromatic carbocycles. The third kappa shape index (κ3) is 4.09. The van der Waals surface area contributed by atoms with Crippen LogP contribution in [0.3, 0.4) is 0 Å². The lowest BCUT2D eigenvalue weighted by Crippen LogP contribution is -2.39. The molecule has 1 aromatic rings. The molecule has 1 aromatic heterocycles. The fourth-order valence-corrected chi connectivity index (χ4v) is 1.94. The largest absolute Gasteiger partial charge is 0.391 e. The zero-order chi connectivity index (χ0) is 13.1. The van der Waals surface area contributed by atoms with E-state index in [-0.39, 0.29) is 17.9 Å². The number of hydrogen-bond acceptors (Lipinski definition) is 4. The van der Waals surface area contributed by atoms with Crippen LogP contribution in [-0.4, -0.2) is 28.6 Å². The predicted molar refractivity (Wildman–Crippen MR) is 69.3 cm³/mol. The molecule has 4 nitrogen and oxygen atoms in total. The van der Waals surface area contributed by atoms with Crippen LogP contribution in [0.15, 0.2) is 6.20 Å². The number of thiazole rings is 1. The molecule has 17 heavy (non-hydrogen) atoms. The van der Waals surface area contributed by atoms with Gasteiger partial charge in [-0.15, -0.1) is 11.3 Å². The Morgan fingerprint density at radius 1 is 1.59 bits per heavy atom. The van der Waals surface area contributed by atoms with E-state index in [0.29, 0.717) is 4.88 Å². The summed E-state index contributed by atoms with van der Waals surface area (Å²) in [6.45, 7) is 8.08. The van der Waals surface area contributed by atoms with E-state index in [1.54, 1.807) is 6.20 Å². The number of carbonyl (C=O) groups excluding carboxylic acids is 1. The van der Waals surface area contributed by atoms with Crippen molar-refractivity contribution in [1.29, 1.82) is 0 Å². The molecule has 0 aliphatic heterocycles. The Balaban J connectivity index is 2.50. The first kappa shape index (κ1) is 14.1. The summed E-state index contributed by atoms with van der Waals surface area (Å²) in [7, 11) is 0. The SMILES string of the molecule is CCc1ncc(C(=O)NCC(O)C(C)(C)C)s1. The molecular formula is C12H20N2O2S. The molecular weight excluding hydrogens is 236 g/mol. The molecule has 1 rings (SSSR count). The molecule has 0 saturated carbocycles. The standard InChI is InChI=1S/C12H20N2O2S/c1-5-10-13-6-8(17-10)11(16)14-7-9(15)12(2,3)4/h6,9,15H,5,7H2,1-4H3,(H,14,16). The van der Waals surface area contributed by atoms with Crippen LogP contribution in [0.25, 0.3) is 0 Å². The van der Waals surface area contributed by atoms with E-state index in [2.05, 4.69) is 10.3 Å². The van der Waals surface area contributed by atoms with Crippen LogP contribution in [0, 0.1) is 5.41 Å². The first-order chi connectivity index (χ1) is 7.84. The van der Waals surface area contributed by atoms with E-state index in [0.717, 1.165) is 11.4 Å². The highest BCUT2D eigenvalue weighted by atomic mass is 32.1. The average Bonchev–Trinajstić information content (AvgIpc) is 2.72. The highest BCUT2D eigenvalue weighted by Gasteiger charge is 2.22. The molecule has 0 saturated heterocycles. The van der Waals surface area contributed by atoms with Crippen molar-refractivity contribution in [3.63, 3.8) is 0 Å². The summed E-state index contributed by atoms with van der Waals surface area (Å²) in [5.74, 6) is -0.162. The van der Waals surface area contributed by atoms with E-state index in [4.69, 9.17) is 0 Å². The Morgan fingerprint density at radius 3 is 2.71 bits per heavy atom. The fourth-order valence-electron chi connectivity index (χ4n) is 1.16. The van der Waals surface area contributed by atoms with Crippen molar-refractivity contribution in [2.45, 2.75) is 40.2 Å². The van der Waals surface area contributed by atoms with Crippen LogP contribution in [-0.2, 0) is 6.42 Å². The summed E-state index contributed by atoms with van der Waals surface area (Å²) in [6, 6.07) is 0. The maximum absolute atomic E-state index is 11.8. The number of nitrogens with zero attached hydrogens (tertiary/aromatic N) is 1. The van der Waals surface area contributed by atoms with Gasteiger partial charge in [-0.1, -0.05) is 27.7 Å². The maximum Gasteiger partial charge on any atom is 0.263 e. The van der Waals surface area contributed by atoms with Gasteiger partial charge in [-0.25, -0.2) is 4.98 Å². The molecule has 0 bridgehead atoms. The van der Waals surface area contributed by atoms with Crippen LogP contribution in [0.1, 0.15) is 42.4 Å². The van der Waals surface area contributed by atoms with Crippen molar-refractivity contribution < 1.29 is 9.90 Å². The van der Waals surface area contributed by atoms with Gasteiger partial charge in [0.25, 0.3) is 5.91 Å². The summed E-state index contributed by atoms with van der Waals surface area (Å²) in [6.07, 6.45) is 1.87. The second-order valence-corrected chi connectivity index (χ2v) is 6.18. The minimum atomic E-state index is -0.551. The van der Waals surface area contributed by atoms with Crippen molar-refractivity contribution >= 4 is 17.2 Å². The average molecular weight is 256 g/mol. The van der Waals surface area contributed by atoms with Crippen LogP contribution in [0.5, 0.6) is 0 Å². The van der Waals surface area contributed by atoms with Crippen molar-refractivity contribution in [2.24, 2.45) is 5.41 Å². The van der Waals surface area contributed by atoms with E-state index in [1.807, 2.05) is 27.7 Å². The molecule has 1 unspecified atom stereocenters. The Morgan fingerprint density at radius 2 is 2.24 bits per heavy atom. The molecule has 0 aliphatic rings. The van der Waals surface area contributed by atoms with Gasteiger partial charge in [0.2, 0.25) is 0 Å². The highest BCUT2D eigenvalue weighted by molar-refractivity contribution is 7.13. The van der Waals surface area contributed by atoms with Gasteiger partial charge >= 0.3 is 0 Å². The number of amides is 1. The molecule has 1 heterocycles. The van der Waals surface area contributed by atoms with Crippen molar-refractivity contribution in [3.05, 3.63) is 16.1 Å². The lowest BCUT2D eigenvalue weighted by atomic mass is 9.89. The normalized spacial score (nSPS) is 13.5.